The van der Waals surface area contributed by atoms with Crippen molar-refractivity contribution in [3.8, 4) is 11.5 Å². The number of benzene rings is 4. The molecular weight excluding hydrogens is 582 g/mol. The quantitative estimate of drug-likeness (QED) is 0.204. The summed E-state index contributed by atoms with van der Waals surface area (Å²) in [7, 11) is 0. The molecule has 0 aliphatic heterocycles. The molecule has 4 aromatic carbocycles. The average molecular weight is 602 g/mol. The molecule has 29 heavy (non-hydrogen) atoms. The van der Waals surface area contributed by atoms with Crippen LogP contribution in [0.2, 0.25) is 0 Å². The molecule has 3 heteroatoms. The lowest BCUT2D eigenvalue weighted by atomic mass is 10.0. The van der Waals surface area contributed by atoms with E-state index in [1.807, 2.05) is 24.3 Å². The van der Waals surface area contributed by atoms with Crippen molar-refractivity contribution in [3.05, 3.63) is 126 Å². The van der Waals surface area contributed by atoms with Crippen LogP contribution < -0.4 is 4.74 Å². The minimum atomic E-state index is 0.863. The van der Waals surface area contributed by atoms with Gasteiger partial charge in [-0.2, -0.15) is 0 Å². The minimum Gasteiger partial charge on any atom is -0.457 e. The van der Waals surface area contributed by atoms with Crippen molar-refractivity contribution in [2.45, 2.75) is 12.8 Å². The lowest BCUT2D eigenvalue weighted by Crippen LogP contribution is -1.91. The Kier molecular flexibility index (Phi) is 6.87. The summed E-state index contributed by atoms with van der Waals surface area (Å²) in [6.45, 7) is 0. The van der Waals surface area contributed by atoms with E-state index in [-0.39, 0.29) is 0 Å². The van der Waals surface area contributed by atoms with Crippen LogP contribution in [0.25, 0.3) is 0 Å². The number of halogens is 2. The van der Waals surface area contributed by atoms with Crippen molar-refractivity contribution in [1.29, 1.82) is 0 Å². The molecule has 4 aromatic rings. The fourth-order valence-electron chi connectivity index (χ4n) is 3.16. The van der Waals surface area contributed by atoms with Gasteiger partial charge < -0.3 is 4.74 Å². The van der Waals surface area contributed by atoms with E-state index >= 15 is 0 Å². The van der Waals surface area contributed by atoms with Crippen molar-refractivity contribution in [1.82, 2.24) is 0 Å². The predicted molar refractivity (Wildman–Crippen MR) is 137 cm³/mol. The first-order valence-electron chi connectivity index (χ1n) is 9.49. The van der Waals surface area contributed by atoms with E-state index in [0.29, 0.717) is 0 Å². The molecule has 0 spiro atoms. The number of hydrogen-bond acceptors (Lipinski definition) is 1. The molecule has 0 atom stereocenters. The zero-order chi connectivity index (χ0) is 20.1. The van der Waals surface area contributed by atoms with Crippen LogP contribution in [0.1, 0.15) is 22.3 Å². The van der Waals surface area contributed by atoms with Crippen LogP contribution in [-0.2, 0) is 12.8 Å². The number of ether oxygens (including phenoxy) is 1. The second kappa shape index (κ2) is 9.76. The highest BCUT2D eigenvalue weighted by molar-refractivity contribution is 14.1. The van der Waals surface area contributed by atoms with Gasteiger partial charge in [0.05, 0.1) is 0 Å². The van der Waals surface area contributed by atoms with E-state index in [4.69, 9.17) is 4.74 Å². The molecule has 0 saturated heterocycles. The fraction of sp³-hybridized carbons (Fsp3) is 0.0769. The SMILES string of the molecule is Ic1ccc(Cc2ccc(Oc3ccc(Cc4ccc(I)cc4)cc3)cc2)cc1. The van der Waals surface area contributed by atoms with Crippen molar-refractivity contribution < 1.29 is 4.74 Å². The summed E-state index contributed by atoms with van der Waals surface area (Å²) in [6.07, 6.45) is 1.87. The summed E-state index contributed by atoms with van der Waals surface area (Å²) in [5, 5.41) is 0. The van der Waals surface area contributed by atoms with Gasteiger partial charge in [0.2, 0.25) is 0 Å². The summed E-state index contributed by atoms with van der Waals surface area (Å²) in [5.41, 5.74) is 5.21. The Bertz CT molecular complexity index is 963. The second-order valence-electron chi connectivity index (χ2n) is 7.00. The fourth-order valence-corrected chi connectivity index (χ4v) is 3.88. The standard InChI is InChI=1S/C26H20I2O/c27-23-9-1-19(2-10-23)17-21-5-13-25(14-6-21)29-26-15-7-22(8-16-26)18-20-3-11-24(28)12-4-20/h1-16H,17-18H2. The lowest BCUT2D eigenvalue weighted by molar-refractivity contribution is 0.482. The Hall–Kier alpha value is -1.86. The predicted octanol–water partition coefficient (Wildman–Crippen LogP) is 7.87. The van der Waals surface area contributed by atoms with E-state index in [1.54, 1.807) is 0 Å². The third kappa shape index (κ3) is 6.06. The van der Waals surface area contributed by atoms with Crippen molar-refractivity contribution in [3.63, 3.8) is 0 Å². The number of hydrogen-bond donors (Lipinski definition) is 0. The summed E-state index contributed by atoms with van der Waals surface area (Å²) in [4.78, 5) is 0. The van der Waals surface area contributed by atoms with Crippen molar-refractivity contribution in [2.75, 3.05) is 0 Å². The van der Waals surface area contributed by atoms with E-state index in [9.17, 15) is 0 Å². The van der Waals surface area contributed by atoms with Crippen LogP contribution in [0.3, 0.4) is 0 Å². The van der Waals surface area contributed by atoms with Gasteiger partial charge >= 0.3 is 0 Å². The highest BCUT2D eigenvalue weighted by Crippen LogP contribution is 2.24. The van der Waals surface area contributed by atoms with E-state index < -0.39 is 0 Å². The van der Waals surface area contributed by atoms with Crippen LogP contribution >= 0.6 is 45.2 Å². The smallest absolute Gasteiger partial charge is 0.127 e. The zero-order valence-electron chi connectivity index (χ0n) is 15.8. The average Bonchev–Trinajstić information content (AvgIpc) is 2.74. The summed E-state index contributed by atoms with van der Waals surface area (Å²) in [5.74, 6) is 1.73. The van der Waals surface area contributed by atoms with Crippen molar-refractivity contribution >= 4 is 45.2 Å². The van der Waals surface area contributed by atoms with Crippen molar-refractivity contribution in [2.24, 2.45) is 0 Å². The molecular formula is C26H20I2O. The highest BCUT2D eigenvalue weighted by atomic mass is 127. The lowest BCUT2D eigenvalue weighted by Gasteiger charge is -2.09. The maximum absolute atomic E-state index is 6.02. The molecule has 0 N–H and O–H groups in total. The Morgan fingerprint density at radius 2 is 0.690 bits per heavy atom. The Balaban J connectivity index is 1.36. The Morgan fingerprint density at radius 1 is 0.414 bits per heavy atom. The van der Waals surface area contributed by atoms with Crippen LogP contribution in [0.15, 0.2) is 97.1 Å². The van der Waals surface area contributed by atoms with E-state index in [2.05, 4.69) is 118 Å². The van der Waals surface area contributed by atoms with Crippen LogP contribution in [0.5, 0.6) is 11.5 Å². The molecule has 0 amide bonds. The maximum Gasteiger partial charge on any atom is 0.127 e. The zero-order valence-corrected chi connectivity index (χ0v) is 20.1. The summed E-state index contributed by atoms with van der Waals surface area (Å²) < 4.78 is 8.55. The molecule has 0 aromatic heterocycles. The molecule has 0 radical (unpaired) electrons. The van der Waals surface area contributed by atoms with Gasteiger partial charge in [0.1, 0.15) is 11.5 Å². The topological polar surface area (TPSA) is 9.23 Å². The molecule has 0 heterocycles. The second-order valence-corrected chi connectivity index (χ2v) is 9.49. The largest absolute Gasteiger partial charge is 0.457 e. The number of rotatable bonds is 6. The first-order chi connectivity index (χ1) is 14.1. The molecule has 0 unspecified atom stereocenters. The monoisotopic (exact) mass is 602 g/mol. The molecule has 0 aliphatic rings. The third-order valence-electron chi connectivity index (χ3n) is 4.73. The molecule has 144 valence electrons. The molecule has 0 bridgehead atoms. The van der Waals surface area contributed by atoms with Gasteiger partial charge in [-0.15, -0.1) is 0 Å². The molecule has 4 rings (SSSR count). The Labute approximate surface area is 199 Å². The molecule has 0 fully saturated rings. The van der Waals surface area contributed by atoms with E-state index in [1.165, 1.54) is 29.4 Å². The van der Waals surface area contributed by atoms with Gasteiger partial charge in [-0.3, -0.25) is 0 Å². The minimum absolute atomic E-state index is 0.863. The van der Waals surface area contributed by atoms with Crippen LogP contribution in [0, 0.1) is 7.14 Å². The summed E-state index contributed by atoms with van der Waals surface area (Å²) >= 11 is 4.67. The first kappa shape index (κ1) is 20.4. The third-order valence-corrected chi connectivity index (χ3v) is 6.16. The van der Waals surface area contributed by atoms with Gasteiger partial charge in [-0.1, -0.05) is 48.5 Å². The maximum atomic E-state index is 6.02. The van der Waals surface area contributed by atoms with Gasteiger partial charge in [0.15, 0.2) is 0 Å². The van der Waals surface area contributed by atoms with Crippen LogP contribution in [0.4, 0.5) is 0 Å². The molecule has 0 saturated carbocycles. The van der Waals surface area contributed by atoms with E-state index in [0.717, 1.165) is 24.3 Å². The normalized spacial score (nSPS) is 10.7. The van der Waals surface area contributed by atoms with Gasteiger partial charge in [0, 0.05) is 7.14 Å². The molecule has 0 aliphatic carbocycles. The first-order valence-corrected chi connectivity index (χ1v) is 11.6. The highest BCUT2D eigenvalue weighted by Gasteiger charge is 2.02. The Morgan fingerprint density at radius 3 is 1.00 bits per heavy atom. The molecule has 1 nitrogen and oxygen atoms in total. The summed E-state index contributed by atoms with van der Waals surface area (Å²) in [6, 6.07) is 34.1. The van der Waals surface area contributed by atoms with Gasteiger partial charge in [0.25, 0.3) is 0 Å². The van der Waals surface area contributed by atoms with Crippen LogP contribution in [-0.4, -0.2) is 0 Å². The van der Waals surface area contributed by atoms with Gasteiger partial charge in [-0.25, -0.2) is 0 Å². The van der Waals surface area contributed by atoms with Gasteiger partial charge in [-0.05, 0) is 129 Å².